The molecule has 0 fully saturated rings. The van der Waals surface area contributed by atoms with Crippen LogP contribution < -0.4 is 0 Å². The molecule has 0 saturated heterocycles. The topological polar surface area (TPSA) is 85.4 Å². The third-order valence-electron chi connectivity index (χ3n) is 1.89. The highest BCUT2D eigenvalue weighted by Crippen LogP contribution is 2.16. The second-order valence-corrected chi connectivity index (χ2v) is 2.92. The van der Waals surface area contributed by atoms with Crippen molar-refractivity contribution in [3.63, 3.8) is 0 Å². The number of carboxylic acid groups (broad SMARTS) is 1. The van der Waals surface area contributed by atoms with Gasteiger partial charge in [-0.05, 0) is 6.42 Å². The number of nitro groups is 1. The van der Waals surface area contributed by atoms with Crippen LogP contribution in [0, 0.1) is 10.1 Å². The van der Waals surface area contributed by atoms with Crippen molar-refractivity contribution in [2.45, 2.75) is 13.0 Å². The van der Waals surface area contributed by atoms with Crippen molar-refractivity contribution in [2.75, 3.05) is 0 Å². The van der Waals surface area contributed by atoms with E-state index in [1.165, 1.54) is 10.8 Å². The number of aromatic carboxylic acids is 1. The first-order valence-corrected chi connectivity index (χ1v) is 4.25. The Kier molecular flexibility index (Phi) is 3.22. The minimum Gasteiger partial charge on any atom is -0.477 e. The lowest BCUT2D eigenvalue weighted by Crippen LogP contribution is -2.07. The van der Waals surface area contributed by atoms with Crippen LogP contribution in [-0.2, 0) is 6.54 Å². The van der Waals surface area contributed by atoms with Gasteiger partial charge >= 0.3 is 5.97 Å². The van der Waals surface area contributed by atoms with Crippen LogP contribution in [0.4, 0.5) is 5.69 Å². The molecule has 0 aromatic carbocycles. The molecule has 0 saturated carbocycles. The molecule has 0 radical (unpaired) electrons. The molecule has 0 amide bonds. The first-order valence-electron chi connectivity index (χ1n) is 4.25. The van der Waals surface area contributed by atoms with Gasteiger partial charge in [0.2, 0.25) is 0 Å². The second kappa shape index (κ2) is 4.41. The predicted molar refractivity (Wildman–Crippen MR) is 52.9 cm³/mol. The van der Waals surface area contributed by atoms with Gasteiger partial charge in [0.05, 0.1) is 11.1 Å². The van der Waals surface area contributed by atoms with Gasteiger partial charge < -0.3 is 9.67 Å². The number of allylic oxidation sites excluding steroid dienone is 1. The van der Waals surface area contributed by atoms with Crippen LogP contribution >= 0.6 is 0 Å². The van der Waals surface area contributed by atoms with Crippen LogP contribution in [0.2, 0.25) is 0 Å². The monoisotopic (exact) mass is 210 g/mol. The van der Waals surface area contributed by atoms with E-state index < -0.39 is 10.9 Å². The van der Waals surface area contributed by atoms with E-state index in [4.69, 9.17) is 5.11 Å². The van der Waals surface area contributed by atoms with Gasteiger partial charge in [0, 0.05) is 12.6 Å². The number of aryl methyl sites for hydroxylation is 1. The molecule has 0 aliphatic heterocycles. The van der Waals surface area contributed by atoms with Gasteiger partial charge in [-0.3, -0.25) is 10.1 Å². The molecule has 1 heterocycles. The van der Waals surface area contributed by atoms with E-state index in [9.17, 15) is 14.9 Å². The number of rotatable bonds is 5. The summed E-state index contributed by atoms with van der Waals surface area (Å²) in [5, 5.41) is 19.2. The van der Waals surface area contributed by atoms with Crippen molar-refractivity contribution in [1.82, 2.24) is 4.57 Å². The van der Waals surface area contributed by atoms with E-state index in [2.05, 4.69) is 6.58 Å². The zero-order valence-corrected chi connectivity index (χ0v) is 7.92. The van der Waals surface area contributed by atoms with Crippen LogP contribution in [0.1, 0.15) is 16.9 Å². The summed E-state index contributed by atoms with van der Waals surface area (Å²) in [6, 6.07) is 1.05. The first kappa shape index (κ1) is 11.0. The first-order chi connectivity index (χ1) is 7.06. The normalized spacial score (nSPS) is 9.87. The fourth-order valence-electron chi connectivity index (χ4n) is 1.19. The van der Waals surface area contributed by atoms with Crippen LogP contribution in [0.5, 0.6) is 0 Å². The van der Waals surface area contributed by atoms with Crippen molar-refractivity contribution in [3.05, 3.63) is 40.7 Å². The molecule has 1 rings (SSSR count). The maximum Gasteiger partial charge on any atom is 0.352 e. The summed E-state index contributed by atoms with van der Waals surface area (Å²) in [7, 11) is 0. The molecule has 0 aliphatic carbocycles. The molecule has 1 N–H and O–H groups in total. The van der Waals surface area contributed by atoms with Crippen molar-refractivity contribution >= 4 is 11.7 Å². The quantitative estimate of drug-likeness (QED) is 0.455. The van der Waals surface area contributed by atoms with E-state index in [-0.39, 0.29) is 11.4 Å². The smallest absolute Gasteiger partial charge is 0.352 e. The number of nitrogens with zero attached hydrogens (tertiary/aromatic N) is 2. The van der Waals surface area contributed by atoms with Crippen molar-refractivity contribution in [1.29, 1.82) is 0 Å². The van der Waals surface area contributed by atoms with Gasteiger partial charge in [0.25, 0.3) is 5.69 Å². The van der Waals surface area contributed by atoms with Crippen molar-refractivity contribution < 1.29 is 14.8 Å². The van der Waals surface area contributed by atoms with E-state index in [0.29, 0.717) is 13.0 Å². The Bertz CT molecular complexity index is 408. The molecule has 6 nitrogen and oxygen atoms in total. The average Bonchev–Trinajstić information content (AvgIpc) is 2.58. The average molecular weight is 210 g/mol. The molecule has 15 heavy (non-hydrogen) atoms. The van der Waals surface area contributed by atoms with Crippen molar-refractivity contribution in [3.8, 4) is 0 Å². The number of hydrogen-bond donors (Lipinski definition) is 1. The number of hydrogen-bond acceptors (Lipinski definition) is 3. The van der Waals surface area contributed by atoms with Gasteiger partial charge in [0.15, 0.2) is 0 Å². The summed E-state index contributed by atoms with van der Waals surface area (Å²) in [6.07, 6.45) is 3.40. The molecule has 80 valence electrons. The minimum atomic E-state index is -1.17. The molecule has 0 unspecified atom stereocenters. The molecule has 1 aromatic rings. The summed E-state index contributed by atoms with van der Waals surface area (Å²) >= 11 is 0. The SMILES string of the molecule is C=CCCn1cc([N+](=O)[O-])cc1C(=O)O. The van der Waals surface area contributed by atoms with Gasteiger partial charge in [-0.25, -0.2) is 4.79 Å². The van der Waals surface area contributed by atoms with Gasteiger partial charge in [-0.2, -0.15) is 0 Å². The standard InChI is InChI=1S/C9H10N2O4/c1-2-3-4-10-6-7(11(14)15)5-8(10)9(12)13/h2,5-6H,1,3-4H2,(H,12,13). The number of carbonyl (C=O) groups is 1. The lowest BCUT2D eigenvalue weighted by Gasteiger charge is -2.01. The third kappa shape index (κ3) is 2.43. The van der Waals surface area contributed by atoms with Crippen molar-refractivity contribution in [2.24, 2.45) is 0 Å². The van der Waals surface area contributed by atoms with E-state index >= 15 is 0 Å². The summed E-state index contributed by atoms with van der Waals surface area (Å²) < 4.78 is 1.34. The molecule has 0 aliphatic rings. The maximum atomic E-state index is 10.8. The highest BCUT2D eigenvalue weighted by atomic mass is 16.6. The predicted octanol–water partition coefficient (Wildman–Crippen LogP) is 1.67. The van der Waals surface area contributed by atoms with E-state index in [1.807, 2.05) is 0 Å². The summed E-state index contributed by atoms with van der Waals surface area (Å²) in [5.74, 6) is -1.17. The molecular formula is C9H10N2O4. The lowest BCUT2D eigenvalue weighted by atomic mass is 10.4. The molecular weight excluding hydrogens is 200 g/mol. The van der Waals surface area contributed by atoms with Gasteiger partial charge in [0.1, 0.15) is 5.69 Å². The Labute approximate surface area is 85.6 Å². The fraction of sp³-hybridized carbons (Fsp3) is 0.222. The molecule has 0 atom stereocenters. The number of carboxylic acids is 1. The highest BCUT2D eigenvalue weighted by Gasteiger charge is 2.17. The Hall–Kier alpha value is -2.11. The molecule has 0 spiro atoms. The Morgan fingerprint density at radius 2 is 2.40 bits per heavy atom. The number of aromatic nitrogens is 1. The van der Waals surface area contributed by atoms with E-state index in [0.717, 1.165) is 6.07 Å². The molecule has 1 aromatic heterocycles. The van der Waals surface area contributed by atoms with E-state index in [1.54, 1.807) is 6.08 Å². The fourth-order valence-corrected chi connectivity index (χ4v) is 1.19. The second-order valence-electron chi connectivity index (χ2n) is 2.92. The van der Waals surface area contributed by atoms with Gasteiger partial charge in [-0.15, -0.1) is 6.58 Å². The maximum absolute atomic E-state index is 10.8. The zero-order valence-electron chi connectivity index (χ0n) is 7.92. The zero-order chi connectivity index (χ0) is 11.4. The lowest BCUT2D eigenvalue weighted by molar-refractivity contribution is -0.384. The largest absolute Gasteiger partial charge is 0.477 e. The molecule has 6 heteroatoms. The Morgan fingerprint density at radius 3 is 2.87 bits per heavy atom. The van der Waals surface area contributed by atoms with Crippen LogP contribution in [0.3, 0.4) is 0 Å². The highest BCUT2D eigenvalue weighted by molar-refractivity contribution is 5.86. The van der Waals surface area contributed by atoms with Gasteiger partial charge in [-0.1, -0.05) is 6.08 Å². The summed E-state index contributed by atoms with van der Waals surface area (Å²) in [4.78, 5) is 20.6. The van der Waals surface area contributed by atoms with Crippen LogP contribution in [-0.4, -0.2) is 20.6 Å². The van der Waals surface area contributed by atoms with Crippen LogP contribution in [0.25, 0.3) is 0 Å². The summed E-state index contributed by atoms with van der Waals surface area (Å²) in [5.41, 5.74) is -0.292. The third-order valence-corrected chi connectivity index (χ3v) is 1.89. The Balaban J connectivity index is 3.05. The Morgan fingerprint density at radius 1 is 1.73 bits per heavy atom. The molecule has 0 bridgehead atoms. The minimum absolute atomic E-state index is 0.0800. The van der Waals surface area contributed by atoms with Crippen LogP contribution in [0.15, 0.2) is 24.9 Å². The summed E-state index contributed by atoms with van der Waals surface area (Å²) in [6.45, 7) is 3.87.